The minimum Gasteiger partial charge on any atom is -0.508 e. The summed E-state index contributed by atoms with van der Waals surface area (Å²) in [7, 11) is 1.18. The van der Waals surface area contributed by atoms with Crippen molar-refractivity contribution >= 4 is 29.6 Å². The Bertz CT molecular complexity index is 1300. The van der Waals surface area contributed by atoms with Crippen molar-refractivity contribution in [3.8, 4) is 5.75 Å². The summed E-state index contributed by atoms with van der Waals surface area (Å²) in [6, 6.07) is 17.3. The summed E-state index contributed by atoms with van der Waals surface area (Å²) in [4.78, 5) is 39.2. The highest BCUT2D eigenvalue weighted by atomic mass is 16.5. The number of hydrogen-bond acceptors (Lipinski definition) is 6. The third-order valence-corrected chi connectivity index (χ3v) is 7.95. The summed E-state index contributed by atoms with van der Waals surface area (Å²) >= 11 is 0. The fourth-order valence-corrected chi connectivity index (χ4v) is 6.34. The van der Waals surface area contributed by atoms with Crippen LogP contribution in [0.5, 0.6) is 5.75 Å². The monoisotopic (exact) mass is 515 g/mol. The number of benzene rings is 2. The molecule has 7 nitrogen and oxygen atoms in total. The maximum atomic E-state index is 13.2. The standard InChI is InChI=1S/C31H33NO6/c1-3-8-22-17-24-28(30(35)32(29(24)34)31(36)37-2)25-18-38-26(27(22)25)14-13-21(20-10-5-4-6-11-20)15-19-9-7-12-23(33)16-19/h4-7,9-12,15-16,24-26,28,33H,3,8,13-14,17-18H2,1-2H3/b21-15-/t24-,25+,26-,28-/m1/s1. The number of carbonyl (C=O) groups is 3. The Morgan fingerprint density at radius 1 is 1.11 bits per heavy atom. The number of nitrogens with zero attached hydrogens (tertiary/aromatic N) is 1. The Morgan fingerprint density at radius 3 is 2.61 bits per heavy atom. The molecule has 2 aromatic carbocycles. The van der Waals surface area contributed by atoms with Crippen LogP contribution < -0.4 is 0 Å². The van der Waals surface area contributed by atoms with Crippen LogP contribution in [0.25, 0.3) is 11.6 Å². The number of likely N-dealkylation sites (tertiary alicyclic amines) is 1. The highest BCUT2D eigenvalue weighted by Gasteiger charge is 2.58. The predicted octanol–water partition coefficient (Wildman–Crippen LogP) is 5.60. The molecule has 3 amide bonds. The number of phenolic OH excluding ortho intramolecular Hbond substituents is 1. The highest BCUT2D eigenvalue weighted by Crippen LogP contribution is 2.51. The second-order valence-corrected chi connectivity index (χ2v) is 10.2. The minimum absolute atomic E-state index is 0.158. The second kappa shape index (κ2) is 11.0. The molecule has 2 saturated heterocycles. The van der Waals surface area contributed by atoms with Crippen molar-refractivity contribution in [2.24, 2.45) is 17.8 Å². The molecule has 0 bridgehead atoms. The molecule has 3 aliphatic rings. The van der Waals surface area contributed by atoms with Crippen molar-refractivity contribution < 1.29 is 29.0 Å². The number of allylic oxidation sites excluding steroid dienone is 2. The van der Waals surface area contributed by atoms with Gasteiger partial charge in [0.05, 0.1) is 31.7 Å². The lowest BCUT2D eigenvalue weighted by Gasteiger charge is -2.32. The van der Waals surface area contributed by atoms with Crippen LogP contribution in [0, 0.1) is 17.8 Å². The first-order valence-electron chi connectivity index (χ1n) is 13.3. The Kier molecular flexibility index (Phi) is 7.47. The van der Waals surface area contributed by atoms with Crippen LogP contribution in [-0.2, 0) is 19.1 Å². The molecule has 198 valence electrons. The average molecular weight is 516 g/mol. The summed E-state index contributed by atoms with van der Waals surface area (Å²) in [5.74, 6) is -2.03. The van der Waals surface area contributed by atoms with E-state index in [-0.39, 0.29) is 17.8 Å². The van der Waals surface area contributed by atoms with Crippen molar-refractivity contribution in [2.75, 3.05) is 13.7 Å². The minimum atomic E-state index is -0.909. The molecule has 7 heteroatoms. The lowest BCUT2D eigenvalue weighted by atomic mass is 9.68. The van der Waals surface area contributed by atoms with Gasteiger partial charge in [0.15, 0.2) is 0 Å². The molecule has 1 N–H and O–H groups in total. The molecule has 0 aromatic heterocycles. The average Bonchev–Trinajstić information content (AvgIpc) is 3.45. The first-order chi connectivity index (χ1) is 18.4. The third-order valence-electron chi connectivity index (χ3n) is 7.95. The van der Waals surface area contributed by atoms with Crippen LogP contribution >= 0.6 is 0 Å². The van der Waals surface area contributed by atoms with Gasteiger partial charge in [0.1, 0.15) is 5.75 Å². The van der Waals surface area contributed by atoms with Gasteiger partial charge in [-0.2, -0.15) is 4.90 Å². The number of imide groups is 3. The molecular weight excluding hydrogens is 482 g/mol. The fourth-order valence-electron chi connectivity index (χ4n) is 6.34. The van der Waals surface area contributed by atoms with Crippen molar-refractivity contribution in [3.63, 3.8) is 0 Å². The normalized spacial score (nSPS) is 25.0. The molecular formula is C31H33NO6. The molecule has 4 atom stereocenters. The van der Waals surface area contributed by atoms with Gasteiger partial charge in [-0.25, -0.2) is 4.79 Å². The molecule has 0 saturated carbocycles. The van der Waals surface area contributed by atoms with E-state index in [0.29, 0.717) is 17.9 Å². The number of fused-ring (bicyclic) bond motifs is 3. The first-order valence-corrected chi connectivity index (χ1v) is 13.3. The topological polar surface area (TPSA) is 93.1 Å². The van der Waals surface area contributed by atoms with Gasteiger partial charge in [0, 0.05) is 5.92 Å². The van der Waals surface area contributed by atoms with E-state index in [4.69, 9.17) is 9.47 Å². The number of carbonyl (C=O) groups excluding carboxylic acids is 3. The lowest BCUT2D eigenvalue weighted by molar-refractivity contribution is -0.137. The number of ether oxygens (including phenoxy) is 2. The largest absolute Gasteiger partial charge is 0.508 e. The maximum Gasteiger partial charge on any atom is 0.423 e. The molecule has 2 fully saturated rings. The van der Waals surface area contributed by atoms with E-state index >= 15 is 0 Å². The molecule has 2 heterocycles. The van der Waals surface area contributed by atoms with Crippen LogP contribution in [0.15, 0.2) is 65.7 Å². The molecule has 1 aliphatic carbocycles. The van der Waals surface area contributed by atoms with E-state index in [1.165, 1.54) is 12.7 Å². The number of methoxy groups -OCH3 is 1. The van der Waals surface area contributed by atoms with E-state index in [1.54, 1.807) is 12.1 Å². The van der Waals surface area contributed by atoms with E-state index in [9.17, 15) is 19.5 Å². The number of amides is 3. The summed E-state index contributed by atoms with van der Waals surface area (Å²) in [6.45, 7) is 2.47. The molecule has 0 unspecified atom stereocenters. The van der Waals surface area contributed by atoms with Crippen LogP contribution in [0.1, 0.15) is 50.2 Å². The number of aromatic hydroxyl groups is 1. The van der Waals surface area contributed by atoms with Crippen molar-refractivity contribution in [1.29, 1.82) is 0 Å². The van der Waals surface area contributed by atoms with Gasteiger partial charge in [0.2, 0.25) is 11.8 Å². The predicted molar refractivity (Wildman–Crippen MR) is 143 cm³/mol. The maximum absolute atomic E-state index is 13.2. The Morgan fingerprint density at radius 2 is 1.89 bits per heavy atom. The van der Waals surface area contributed by atoms with Crippen LogP contribution in [-0.4, -0.2) is 47.7 Å². The van der Waals surface area contributed by atoms with Crippen molar-refractivity contribution in [2.45, 2.75) is 45.1 Å². The number of hydrogen-bond donors (Lipinski definition) is 1. The summed E-state index contributed by atoms with van der Waals surface area (Å²) < 4.78 is 11.1. The molecule has 2 aromatic rings. The smallest absolute Gasteiger partial charge is 0.423 e. The van der Waals surface area contributed by atoms with Gasteiger partial charge in [-0.3, -0.25) is 9.59 Å². The van der Waals surface area contributed by atoms with E-state index in [1.807, 2.05) is 30.3 Å². The first kappa shape index (κ1) is 25.9. The summed E-state index contributed by atoms with van der Waals surface area (Å²) in [6.07, 6.45) is 4.71. The summed E-state index contributed by atoms with van der Waals surface area (Å²) in [5.41, 5.74) is 5.47. The Labute approximate surface area is 222 Å². The van der Waals surface area contributed by atoms with Gasteiger partial charge in [-0.05, 0) is 60.1 Å². The van der Waals surface area contributed by atoms with Crippen molar-refractivity contribution in [1.82, 2.24) is 4.90 Å². The highest BCUT2D eigenvalue weighted by molar-refractivity contribution is 6.16. The zero-order valence-corrected chi connectivity index (χ0v) is 21.8. The van der Waals surface area contributed by atoms with Crippen LogP contribution in [0.2, 0.25) is 0 Å². The van der Waals surface area contributed by atoms with E-state index in [0.717, 1.165) is 48.0 Å². The third kappa shape index (κ3) is 4.78. The van der Waals surface area contributed by atoms with Gasteiger partial charge in [0.25, 0.3) is 0 Å². The Balaban J connectivity index is 1.43. The zero-order valence-electron chi connectivity index (χ0n) is 21.8. The molecule has 2 aliphatic heterocycles. The van der Waals surface area contributed by atoms with E-state index < -0.39 is 29.7 Å². The van der Waals surface area contributed by atoms with Crippen LogP contribution in [0.4, 0.5) is 4.79 Å². The van der Waals surface area contributed by atoms with E-state index in [2.05, 4.69) is 25.1 Å². The van der Waals surface area contributed by atoms with Gasteiger partial charge in [-0.15, -0.1) is 0 Å². The second-order valence-electron chi connectivity index (χ2n) is 10.2. The fraction of sp³-hybridized carbons (Fsp3) is 0.387. The van der Waals surface area contributed by atoms with Crippen molar-refractivity contribution in [3.05, 3.63) is 76.9 Å². The van der Waals surface area contributed by atoms with Gasteiger partial charge < -0.3 is 14.6 Å². The number of rotatable bonds is 7. The molecule has 0 radical (unpaired) electrons. The number of phenols is 1. The zero-order chi connectivity index (χ0) is 26.8. The quantitative estimate of drug-likeness (QED) is 0.293. The molecule has 38 heavy (non-hydrogen) atoms. The Hall–Kier alpha value is -3.71. The van der Waals surface area contributed by atoms with Gasteiger partial charge >= 0.3 is 6.09 Å². The summed E-state index contributed by atoms with van der Waals surface area (Å²) in [5, 5.41) is 9.95. The lowest BCUT2D eigenvalue weighted by Crippen LogP contribution is -2.38. The SMILES string of the molecule is CCCC1=C2[C@@H](CC/C(=C/c3cccc(O)c3)c3ccccc3)OC[C@@H]2[C@@H]2C(=O)N(C(=O)OC)C(=O)[C@@H]2C1. The molecule has 5 rings (SSSR count). The van der Waals surface area contributed by atoms with Gasteiger partial charge in [-0.1, -0.05) is 67.5 Å². The van der Waals surface area contributed by atoms with Crippen LogP contribution in [0.3, 0.4) is 0 Å². The molecule has 0 spiro atoms.